The third-order valence-electron chi connectivity index (χ3n) is 1.85. The van der Waals surface area contributed by atoms with Gasteiger partial charge in [-0.3, -0.25) is 0 Å². The van der Waals surface area contributed by atoms with Crippen LogP contribution in [0.5, 0.6) is 0 Å². The zero-order valence-corrected chi connectivity index (χ0v) is 8.17. The molecular weight excluding hydrogens is 174 g/mol. The fourth-order valence-corrected chi connectivity index (χ4v) is 1.59. The predicted molar refractivity (Wildman–Crippen MR) is 51.3 cm³/mol. The number of aliphatic hydroxyl groups excluding tert-OH is 1. The van der Waals surface area contributed by atoms with E-state index in [1.54, 1.807) is 0 Å². The van der Waals surface area contributed by atoms with E-state index < -0.39 is 0 Å². The molecule has 0 aromatic heterocycles. The molecule has 0 saturated carbocycles. The van der Waals surface area contributed by atoms with Crippen LogP contribution >= 0.6 is 12.2 Å². The highest BCUT2D eigenvalue weighted by Crippen LogP contribution is 2.06. The highest BCUT2D eigenvalue weighted by Gasteiger charge is 2.26. The second-order valence-corrected chi connectivity index (χ2v) is 3.37. The minimum absolute atomic E-state index is 0.158. The minimum Gasteiger partial charge on any atom is -0.460 e. The molecule has 1 N–H and O–H groups in total. The minimum atomic E-state index is 0.158. The summed E-state index contributed by atoms with van der Waals surface area (Å²) in [5, 5.41) is 10.6. The fraction of sp³-hybridized carbons (Fsp3) is 0.750. The highest BCUT2D eigenvalue weighted by molar-refractivity contribution is 7.80. The molecule has 1 rings (SSSR count). The van der Waals surface area contributed by atoms with Gasteiger partial charge in [0.1, 0.15) is 17.6 Å². The van der Waals surface area contributed by atoms with E-state index in [4.69, 9.17) is 4.74 Å². The number of nitrogens with zero attached hydrogens (tertiary/aromatic N) is 1. The molecule has 3 nitrogen and oxygen atoms in total. The van der Waals surface area contributed by atoms with Crippen LogP contribution in [0.25, 0.3) is 0 Å². The SMILES string of the molecule is C[C@@H]1C[N+](=C(O)C=S)C[C@@H](C)O1. The summed E-state index contributed by atoms with van der Waals surface area (Å²) in [6, 6.07) is 0. The van der Waals surface area contributed by atoms with Gasteiger partial charge in [0.25, 0.3) is 0 Å². The van der Waals surface area contributed by atoms with Crippen molar-refractivity contribution in [3.8, 4) is 0 Å². The van der Waals surface area contributed by atoms with E-state index >= 15 is 0 Å². The van der Waals surface area contributed by atoms with Crippen LogP contribution in [0, 0.1) is 0 Å². The van der Waals surface area contributed by atoms with Gasteiger partial charge in [-0.1, -0.05) is 12.2 Å². The summed E-state index contributed by atoms with van der Waals surface area (Å²) < 4.78 is 7.34. The molecule has 0 radical (unpaired) electrons. The molecule has 68 valence electrons. The molecule has 2 atom stereocenters. The second kappa shape index (κ2) is 3.96. The molecule has 0 unspecified atom stereocenters. The summed E-state index contributed by atoms with van der Waals surface area (Å²) in [6.45, 7) is 5.39. The maximum Gasteiger partial charge on any atom is 0.371 e. The van der Waals surface area contributed by atoms with Crippen molar-refractivity contribution in [2.75, 3.05) is 13.1 Å². The van der Waals surface area contributed by atoms with Gasteiger partial charge in [-0.25, -0.2) is 0 Å². The summed E-state index contributed by atoms with van der Waals surface area (Å²) in [6.07, 6.45) is 0.316. The molecule has 4 heteroatoms. The number of rotatable bonds is 1. The third kappa shape index (κ3) is 2.25. The Hall–Kier alpha value is -0.480. The quantitative estimate of drug-likeness (QED) is 0.374. The lowest BCUT2D eigenvalue weighted by Gasteiger charge is -2.23. The molecule has 1 aliphatic heterocycles. The zero-order valence-electron chi connectivity index (χ0n) is 7.36. The van der Waals surface area contributed by atoms with Crippen LogP contribution in [0.2, 0.25) is 0 Å². The normalized spacial score (nSPS) is 30.0. The Labute approximate surface area is 77.7 Å². The molecule has 12 heavy (non-hydrogen) atoms. The van der Waals surface area contributed by atoms with Gasteiger partial charge in [-0.15, -0.1) is 0 Å². The maximum absolute atomic E-state index is 9.35. The Morgan fingerprint density at radius 2 is 2.00 bits per heavy atom. The summed E-state index contributed by atoms with van der Waals surface area (Å²) in [5.74, 6) is 0.173. The number of hydrogen-bond acceptors (Lipinski definition) is 2. The van der Waals surface area contributed by atoms with E-state index in [-0.39, 0.29) is 18.1 Å². The Morgan fingerprint density at radius 1 is 1.50 bits per heavy atom. The van der Waals surface area contributed by atoms with Crippen LogP contribution in [0.4, 0.5) is 0 Å². The number of aliphatic hydroxyl groups is 1. The van der Waals surface area contributed by atoms with E-state index in [1.807, 2.05) is 18.4 Å². The van der Waals surface area contributed by atoms with Gasteiger partial charge >= 0.3 is 5.90 Å². The topological polar surface area (TPSA) is 32.5 Å². The average molecular weight is 188 g/mol. The third-order valence-corrected chi connectivity index (χ3v) is 2.06. The Balaban J connectivity index is 2.73. The number of hydrogen-bond donors (Lipinski definition) is 1. The van der Waals surface area contributed by atoms with Crippen LogP contribution in [0.1, 0.15) is 13.8 Å². The molecular formula is C8H14NO2S+. The maximum atomic E-state index is 9.35. The van der Waals surface area contributed by atoms with Crippen molar-refractivity contribution in [1.82, 2.24) is 0 Å². The first-order valence-corrected chi connectivity index (χ1v) is 4.52. The molecule has 0 aliphatic carbocycles. The van der Waals surface area contributed by atoms with E-state index in [0.717, 1.165) is 0 Å². The molecule has 1 fully saturated rings. The molecule has 0 amide bonds. The predicted octanol–water partition coefficient (Wildman–Crippen LogP) is 0.762. The van der Waals surface area contributed by atoms with Crippen molar-refractivity contribution < 1.29 is 14.4 Å². The lowest BCUT2D eigenvalue weighted by Crippen LogP contribution is -2.42. The summed E-state index contributed by atoms with van der Waals surface area (Å²) in [7, 11) is 0. The van der Waals surface area contributed by atoms with Gasteiger partial charge < -0.3 is 9.84 Å². The number of ether oxygens (including phenoxy) is 1. The smallest absolute Gasteiger partial charge is 0.371 e. The van der Waals surface area contributed by atoms with Gasteiger partial charge in [0.15, 0.2) is 13.1 Å². The van der Waals surface area contributed by atoms with Gasteiger partial charge in [0.2, 0.25) is 0 Å². The first-order chi connectivity index (χ1) is 5.63. The van der Waals surface area contributed by atoms with Crippen molar-refractivity contribution >= 4 is 23.5 Å². The van der Waals surface area contributed by atoms with Crippen molar-refractivity contribution in [3.63, 3.8) is 0 Å². The van der Waals surface area contributed by atoms with E-state index in [1.165, 1.54) is 5.37 Å². The van der Waals surface area contributed by atoms with E-state index in [0.29, 0.717) is 13.1 Å². The van der Waals surface area contributed by atoms with E-state index in [2.05, 4.69) is 12.2 Å². The Kier molecular flexibility index (Phi) is 3.17. The number of morpholine rings is 1. The van der Waals surface area contributed by atoms with Gasteiger partial charge in [-0.05, 0) is 13.8 Å². The van der Waals surface area contributed by atoms with Crippen molar-refractivity contribution in [1.29, 1.82) is 0 Å². The Bertz CT molecular complexity index is 203. The van der Waals surface area contributed by atoms with Crippen molar-refractivity contribution in [2.24, 2.45) is 0 Å². The first kappa shape index (κ1) is 9.61. The highest BCUT2D eigenvalue weighted by atomic mass is 32.1. The van der Waals surface area contributed by atoms with Gasteiger partial charge in [0, 0.05) is 0 Å². The lowest BCUT2D eigenvalue weighted by molar-refractivity contribution is -0.571. The molecule has 0 aromatic rings. The molecule has 0 spiro atoms. The summed E-state index contributed by atoms with van der Waals surface area (Å²) >= 11 is 4.64. The monoisotopic (exact) mass is 188 g/mol. The fourth-order valence-electron chi connectivity index (χ4n) is 1.44. The van der Waals surface area contributed by atoms with Gasteiger partial charge in [0.05, 0.1) is 0 Å². The van der Waals surface area contributed by atoms with E-state index in [9.17, 15) is 5.11 Å². The Morgan fingerprint density at radius 3 is 2.42 bits per heavy atom. The average Bonchev–Trinajstić information content (AvgIpc) is 2.01. The molecule has 0 aromatic carbocycles. The summed E-state index contributed by atoms with van der Waals surface area (Å²) in [5.41, 5.74) is 0. The van der Waals surface area contributed by atoms with Crippen LogP contribution in [-0.2, 0) is 4.74 Å². The first-order valence-electron chi connectivity index (χ1n) is 4.05. The molecule has 0 bridgehead atoms. The molecule has 1 heterocycles. The van der Waals surface area contributed by atoms with Crippen LogP contribution in [0.15, 0.2) is 0 Å². The molecule has 1 saturated heterocycles. The zero-order chi connectivity index (χ0) is 9.14. The lowest BCUT2D eigenvalue weighted by atomic mass is 10.2. The number of thiocarbonyl (C=S) groups is 1. The second-order valence-electron chi connectivity index (χ2n) is 3.14. The van der Waals surface area contributed by atoms with Crippen LogP contribution in [0.3, 0.4) is 0 Å². The van der Waals surface area contributed by atoms with Crippen molar-refractivity contribution in [2.45, 2.75) is 26.1 Å². The van der Waals surface area contributed by atoms with Crippen molar-refractivity contribution in [3.05, 3.63) is 0 Å². The standard InChI is InChI=1S/C8H13NO2S/c1-6-3-9(8(10)5-12)4-7(2)11-6/h5-7H,3-4H2,1-2H3/p+1/t6-,7-/m1/s1. The van der Waals surface area contributed by atoms with Gasteiger partial charge in [-0.2, -0.15) is 4.58 Å². The van der Waals surface area contributed by atoms with Crippen LogP contribution < -0.4 is 0 Å². The summed E-state index contributed by atoms with van der Waals surface area (Å²) in [4.78, 5) is 0. The largest absolute Gasteiger partial charge is 0.460 e. The molecule has 1 aliphatic rings. The van der Waals surface area contributed by atoms with Crippen LogP contribution in [-0.4, -0.2) is 46.2 Å².